The molecule has 3 heteroatoms. The van der Waals surface area contributed by atoms with E-state index in [0.29, 0.717) is 12.0 Å². The van der Waals surface area contributed by atoms with Gasteiger partial charge in [-0.2, -0.15) is 0 Å². The van der Waals surface area contributed by atoms with Crippen LogP contribution in [0.5, 0.6) is 0 Å². The van der Waals surface area contributed by atoms with Crippen molar-refractivity contribution in [2.24, 2.45) is 11.8 Å². The van der Waals surface area contributed by atoms with Gasteiger partial charge in [0.05, 0.1) is 6.54 Å². The van der Waals surface area contributed by atoms with Gasteiger partial charge in [-0.1, -0.05) is 13.8 Å². The molecule has 0 radical (unpaired) electrons. The van der Waals surface area contributed by atoms with Gasteiger partial charge in [0.2, 0.25) is 0 Å². The Kier molecular flexibility index (Phi) is 3.64. The van der Waals surface area contributed by atoms with Crippen LogP contribution in [-0.2, 0) is 13.1 Å². The zero-order chi connectivity index (χ0) is 11.5. The van der Waals surface area contributed by atoms with Gasteiger partial charge in [-0.25, -0.2) is 4.98 Å². The Labute approximate surface area is 98.3 Å². The van der Waals surface area contributed by atoms with Crippen LogP contribution in [0.4, 0.5) is 0 Å². The van der Waals surface area contributed by atoms with E-state index in [0.717, 1.165) is 19.0 Å². The Morgan fingerprint density at radius 3 is 2.81 bits per heavy atom. The second-order valence-corrected chi connectivity index (χ2v) is 5.40. The molecule has 1 aromatic rings. The summed E-state index contributed by atoms with van der Waals surface area (Å²) in [6, 6.07) is 0.643. The van der Waals surface area contributed by atoms with Crippen molar-refractivity contribution >= 4 is 0 Å². The summed E-state index contributed by atoms with van der Waals surface area (Å²) in [6.07, 6.45) is 6.78. The van der Waals surface area contributed by atoms with Crippen LogP contribution in [0.25, 0.3) is 0 Å². The molecule has 1 aromatic heterocycles. The second kappa shape index (κ2) is 5.00. The van der Waals surface area contributed by atoms with E-state index in [4.69, 9.17) is 0 Å². The van der Waals surface area contributed by atoms with E-state index >= 15 is 0 Å². The monoisotopic (exact) mass is 221 g/mol. The molecule has 3 nitrogen and oxygen atoms in total. The molecule has 1 aliphatic rings. The lowest BCUT2D eigenvalue weighted by Gasteiger charge is -2.14. The van der Waals surface area contributed by atoms with Gasteiger partial charge in [0, 0.05) is 25.0 Å². The maximum Gasteiger partial charge on any atom is 0.122 e. The van der Waals surface area contributed by atoms with E-state index in [2.05, 4.69) is 41.8 Å². The normalized spacial score (nSPS) is 18.0. The number of rotatable bonds is 6. The highest BCUT2D eigenvalue weighted by molar-refractivity contribution is 4.94. The molecule has 90 valence electrons. The van der Waals surface area contributed by atoms with E-state index < -0.39 is 0 Å². The predicted octanol–water partition coefficient (Wildman–Crippen LogP) is 2.43. The van der Waals surface area contributed by atoms with Crippen molar-refractivity contribution in [2.75, 3.05) is 0 Å². The van der Waals surface area contributed by atoms with Crippen molar-refractivity contribution in [2.45, 2.75) is 52.7 Å². The molecule has 0 saturated heterocycles. The molecule has 1 unspecified atom stereocenters. The number of hydrogen-bond donors (Lipinski definition) is 1. The molecule has 0 bridgehead atoms. The lowest BCUT2D eigenvalue weighted by atomic mass is 10.2. The Morgan fingerprint density at radius 1 is 1.44 bits per heavy atom. The van der Waals surface area contributed by atoms with Crippen molar-refractivity contribution in [1.82, 2.24) is 14.9 Å². The number of aromatic nitrogens is 2. The van der Waals surface area contributed by atoms with E-state index in [9.17, 15) is 0 Å². The molecular weight excluding hydrogens is 198 g/mol. The van der Waals surface area contributed by atoms with Gasteiger partial charge >= 0.3 is 0 Å². The van der Waals surface area contributed by atoms with Crippen molar-refractivity contribution in [3.8, 4) is 0 Å². The van der Waals surface area contributed by atoms with Crippen LogP contribution in [0, 0.1) is 11.8 Å². The van der Waals surface area contributed by atoms with Gasteiger partial charge in [-0.3, -0.25) is 0 Å². The molecular formula is C13H23N3. The molecule has 1 fully saturated rings. The molecule has 2 rings (SSSR count). The molecule has 1 aliphatic carbocycles. The Morgan fingerprint density at radius 2 is 2.19 bits per heavy atom. The van der Waals surface area contributed by atoms with Crippen LogP contribution in [0.2, 0.25) is 0 Å². The fraction of sp³-hybridized carbons (Fsp3) is 0.769. The van der Waals surface area contributed by atoms with Crippen molar-refractivity contribution < 1.29 is 0 Å². The SMILES string of the molecule is CC(C)Cn1ccnc1CNC(C)C1CC1. The van der Waals surface area contributed by atoms with Crippen LogP contribution in [0.1, 0.15) is 39.4 Å². The van der Waals surface area contributed by atoms with E-state index in [1.807, 2.05) is 6.20 Å². The minimum absolute atomic E-state index is 0.643. The summed E-state index contributed by atoms with van der Waals surface area (Å²) in [4.78, 5) is 4.42. The third kappa shape index (κ3) is 3.08. The maximum absolute atomic E-state index is 4.42. The van der Waals surface area contributed by atoms with Gasteiger partial charge in [-0.05, 0) is 31.6 Å². The first kappa shape index (κ1) is 11.6. The van der Waals surface area contributed by atoms with Crippen molar-refractivity contribution in [1.29, 1.82) is 0 Å². The quantitative estimate of drug-likeness (QED) is 0.799. The smallest absolute Gasteiger partial charge is 0.122 e. The summed E-state index contributed by atoms with van der Waals surface area (Å²) >= 11 is 0. The predicted molar refractivity (Wildman–Crippen MR) is 66.1 cm³/mol. The zero-order valence-electron chi connectivity index (χ0n) is 10.6. The average molecular weight is 221 g/mol. The number of imidazole rings is 1. The highest BCUT2D eigenvalue weighted by Gasteiger charge is 2.27. The van der Waals surface area contributed by atoms with Gasteiger partial charge in [0.1, 0.15) is 5.82 Å². The van der Waals surface area contributed by atoms with E-state index in [-0.39, 0.29) is 0 Å². The molecule has 0 aliphatic heterocycles. The van der Waals surface area contributed by atoms with Gasteiger partial charge < -0.3 is 9.88 Å². The lowest BCUT2D eigenvalue weighted by molar-refractivity contribution is 0.457. The summed E-state index contributed by atoms with van der Waals surface area (Å²) < 4.78 is 2.26. The van der Waals surface area contributed by atoms with Crippen molar-refractivity contribution in [3.05, 3.63) is 18.2 Å². The van der Waals surface area contributed by atoms with Gasteiger partial charge in [-0.15, -0.1) is 0 Å². The Bertz CT molecular complexity index is 326. The first-order valence-electron chi connectivity index (χ1n) is 6.40. The lowest BCUT2D eigenvalue weighted by Crippen LogP contribution is -2.28. The van der Waals surface area contributed by atoms with Crippen LogP contribution in [0.3, 0.4) is 0 Å². The number of nitrogens with one attached hydrogen (secondary N) is 1. The summed E-state index contributed by atoms with van der Waals surface area (Å²) in [5.41, 5.74) is 0. The molecule has 1 atom stereocenters. The molecule has 0 amide bonds. The highest BCUT2D eigenvalue weighted by atomic mass is 15.1. The van der Waals surface area contributed by atoms with Crippen molar-refractivity contribution in [3.63, 3.8) is 0 Å². The Hall–Kier alpha value is -0.830. The molecule has 0 spiro atoms. The van der Waals surface area contributed by atoms with Gasteiger partial charge in [0.25, 0.3) is 0 Å². The number of nitrogens with zero attached hydrogens (tertiary/aromatic N) is 2. The fourth-order valence-electron chi connectivity index (χ4n) is 2.08. The summed E-state index contributed by atoms with van der Waals surface area (Å²) in [6.45, 7) is 8.73. The van der Waals surface area contributed by atoms with Crippen LogP contribution < -0.4 is 5.32 Å². The topological polar surface area (TPSA) is 29.9 Å². The first-order chi connectivity index (χ1) is 7.66. The van der Waals surface area contributed by atoms with Crippen LogP contribution in [0.15, 0.2) is 12.4 Å². The Balaban J connectivity index is 1.85. The van der Waals surface area contributed by atoms with Crippen LogP contribution in [-0.4, -0.2) is 15.6 Å². The molecule has 1 N–H and O–H groups in total. The second-order valence-electron chi connectivity index (χ2n) is 5.40. The molecule has 0 aromatic carbocycles. The third-order valence-corrected chi connectivity index (χ3v) is 3.27. The molecule has 1 heterocycles. The third-order valence-electron chi connectivity index (χ3n) is 3.27. The molecule has 1 saturated carbocycles. The minimum Gasteiger partial charge on any atom is -0.334 e. The standard InChI is InChI=1S/C13H23N3/c1-10(2)9-16-7-6-14-13(16)8-15-11(3)12-4-5-12/h6-7,10-12,15H,4-5,8-9H2,1-3H3. The summed E-state index contributed by atoms with van der Waals surface area (Å²) in [7, 11) is 0. The zero-order valence-corrected chi connectivity index (χ0v) is 10.6. The number of hydrogen-bond acceptors (Lipinski definition) is 2. The first-order valence-corrected chi connectivity index (χ1v) is 6.40. The summed E-state index contributed by atoms with van der Waals surface area (Å²) in [5.74, 6) is 2.75. The fourth-order valence-corrected chi connectivity index (χ4v) is 2.08. The maximum atomic E-state index is 4.42. The van der Waals surface area contributed by atoms with E-state index in [1.54, 1.807) is 0 Å². The minimum atomic E-state index is 0.643. The summed E-state index contributed by atoms with van der Waals surface area (Å²) in [5, 5.41) is 3.58. The van der Waals surface area contributed by atoms with Gasteiger partial charge in [0.15, 0.2) is 0 Å². The molecule has 16 heavy (non-hydrogen) atoms. The average Bonchev–Trinajstić information content (AvgIpc) is 2.98. The van der Waals surface area contributed by atoms with E-state index in [1.165, 1.54) is 18.7 Å². The highest BCUT2D eigenvalue weighted by Crippen LogP contribution is 2.32. The van der Waals surface area contributed by atoms with Crippen LogP contribution >= 0.6 is 0 Å². The largest absolute Gasteiger partial charge is 0.334 e.